The molecule has 3 aromatic rings. The fourth-order valence-corrected chi connectivity index (χ4v) is 2.88. The van der Waals surface area contributed by atoms with Crippen molar-refractivity contribution in [1.82, 2.24) is 10.2 Å². The van der Waals surface area contributed by atoms with Crippen LogP contribution >= 0.6 is 11.3 Å². The van der Waals surface area contributed by atoms with E-state index in [1.807, 2.05) is 18.2 Å². The molecule has 0 bridgehead atoms. The first-order valence-electron chi connectivity index (χ1n) is 6.31. The molecule has 3 nitrogen and oxygen atoms in total. The first kappa shape index (κ1) is 12.1. The Bertz CT molecular complexity index is 659. The monoisotopic (exact) mass is 269 g/mol. The molecule has 0 aliphatic carbocycles. The van der Waals surface area contributed by atoms with Crippen LogP contribution in [0.4, 0.5) is 5.69 Å². The topological polar surface area (TPSA) is 37.8 Å². The molecule has 0 saturated carbocycles. The van der Waals surface area contributed by atoms with E-state index in [0.29, 0.717) is 6.04 Å². The summed E-state index contributed by atoms with van der Waals surface area (Å²) in [6, 6.07) is 10.6. The van der Waals surface area contributed by atoms with E-state index in [1.54, 1.807) is 17.5 Å². The third-order valence-electron chi connectivity index (χ3n) is 3.07. The number of aromatic nitrogens is 2. The van der Waals surface area contributed by atoms with Crippen molar-refractivity contribution in [1.29, 1.82) is 0 Å². The molecule has 0 spiro atoms. The lowest BCUT2D eigenvalue weighted by Crippen LogP contribution is -2.18. The van der Waals surface area contributed by atoms with E-state index in [1.165, 1.54) is 5.56 Å². The Morgan fingerprint density at radius 1 is 1.26 bits per heavy atom. The zero-order valence-electron chi connectivity index (χ0n) is 10.7. The minimum absolute atomic E-state index is 0.363. The first-order valence-corrected chi connectivity index (χ1v) is 7.25. The molecular formula is C15H15N3S. The number of thiophene rings is 1. The lowest BCUT2D eigenvalue weighted by Gasteiger charge is -2.15. The molecule has 4 heteroatoms. The van der Waals surface area contributed by atoms with Crippen LogP contribution in [0.15, 0.2) is 47.3 Å². The number of fused-ring (bicyclic) bond motifs is 1. The quantitative estimate of drug-likeness (QED) is 0.784. The number of hydrogen-bond donors (Lipinski definition) is 1. The van der Waals surface area contributed by atoms with Crippen LogP contribution in [0.5, 0.6) is 0 Å². The van der Waals surface area contributed by atoms with Crippen molar-refractivity contribution >= 4 is 27.9 Å². The van der Waals surface area contributed by atoms with Crippen molar-refractivity contribution in [3.63, 3.8) is 0 Å². The number of hydrogen-bond acceptors (Lipinski definition) is 4. The van der Waals surface area contributed by atoms with Gasteiger partial charge in [0.1, 0.15) is 0 Å². The van der Waals surface area contributed by atoms with Crippen molar-refractivity contribution in [3.05, 3.63) is 52.9 Å². The van der Waals surface area contributed by atoms with Crippen molar-refractivity contribution in [3.8, 4) is 0 Å². The standard InChI is InChI=1S/C15H15N3S/c1-11(8-12-6-7-19-10-12)17-15-9-16-18-14-5-3-2-4-13(14)15/h2-7,9-11H,8H2,1H3,(H,17,18). The lowest BCUT2D eigenvalue weighted by molar-refractivity contribution is 0.792. The molecule has 0 saturated heterocycles. The summed E-state index contributed by atoms with van der Waals surface area (Å²) in [4.78, 5) is 0. The summed E-state index contributed by atoms with van der Waals surface area (Å²) in [5, 5.41) is 17.1. The number of rotatable bonds is 4. The first-order chi connectivity index (χ1) is 9.33. The van der Waals surface area contributed by atoms with Gasteiger partial charge in [0.25, 0.3) is 0 Å². The second-order valence-corrected chi connectivity index (χ2v) is 5.44. The van der Waals surface area contributed by atoms with Gasteiger partial charge < -0.3 is 5.32 Å². The molecule has 19 heavy (non-hydrogen) atoms. The molecule has 0 amide bonds. The van der Waals surface area contributed by atoms with E-state index in [9.17, 15) is 0 Å². The zero-order valence-corrected chi connectivity index (χ0v) is 11.5. The summed E-state index contributed by atoms with van der Waals surface area (Å²) in [6.45, 7) is 2.19. The molecule has 1 unspecified atom stereocenters. The van der Waals surface area contributed by atoms with Gasteiger partial charge in [0, 0.05) is 11.4 Å². The van der Waals surface area contributed by atoms with Gasteiger partial charge in [-0.1, -0.05) is 18.2 Å². The summed E-state index contributed by atoms with van der Waals surface area (Å²) in [7, 11) is 0. The van der Waals surface area contributed by atoms with Gasteiger partial charge >= 0.3 is 0 Å². The average molecular weight is 269 g/mol. The minimum Gasteiger partial charge on any atom is -0.380 e. The van der Waals surface area contributed by atoms with Gasteiger partial charge in [-0.25, -0.2) is 0 Å². The van der Waals surface area contributed by atoms with Crippen LogP contribution < -0.4 is 5.32 Å². The molecule has 1 atom stereocenters. The molecule has 1 aromatic carbocycles. The Kier molecular flexibility index (Phi) is 3.42. The molecule has 3 rings (SSSR count). The van der Waals surface area contributed by atoms with E-state index < -0.39 is 0 Å². The average Bonchev–Trinajstić information content (AvgIpc) is 2.92. The minimum atomic E-state index is 0.363. The summed E-state index contributed by atoms with van der Waals surface area (Å²) in [5.74, 6) is 0. The van der Waals surface area contributed by atoms with Gasteiger partial charge in [-0.3, -0.25) is 0 Å². The fourth-order valence-electron chi connectivity index (χ4n) is 2.20. The van der Waals surface area contributed by atoms with Crippen LogP contribution in [0.2, 0.25) is 0 Å². The SMILES string of the molecule is CC(Cc1ccsc1)Nc1cnnc2ccccc12. The Morgan fingerprint density at radius 2 is 2.16 bits per heavy atom. The van der Waals surface area contributed by atoms with E-state index in [0.717, 1.165) is 23.0 Å². The second-order valence-electron chi connectivity index (χ2n) is 4.66. The van der Waals surface area contributed by atoms with E-state index in [4.69, 9.17) is 0 Å². The van der Waals surface area contributed by atoms with Crippen molar-refractivity contribution in [2.45, 2.75) is 19.4 Å². The predicted molar refractivity (Wildman–Crippen MR) is 80.6 cm³/mol. The van der Waals surface area contributed by atoms with Crippen LogP contribution in [0.25, 0.3) is 10.9 Å². The Hall–Kier alpha value is -1.94. The van der Waals surface area contributed by atoms with E-state index in [2.05, 4.69) is 45.3 Å². The van der Waals surface area contributed by atoms with Crippen LogP contribution in [0, 0.1) is 0 Å². The smallest absolute Gasteiger partial charge is 0.0950 e. The summed E-state index contributed by atoms with van der Waals surface area (Å²) < 4.78 is 0. The molecule has 96 valence electrons. The highest BCUT2D eigenvalue weighted by Gasteiger charge is 2.07. The third kappa shape index (κ3) is 2.74. The van der Waals surface area contributed by atoms with Gasteiger partial charge in [0.15, 0.2) is 0 Å². The summed E-state index contributed by atoms with van der Waals surface area (Å²) in [5.41, 5.74) is 3.35. The number of nitrogens with one attached hydrogen (secondary N) is 1. The van der Waals surface area contributed by atoms with Crippen molar-refractivity contribution in [2.75, 3.05) is 5.32 Å². The molecule has 1 N–H and O–H groups in total. The molecule has 0 radical (unpaired) electrons. The van der Waals surface area contributed by atoms with E-state index >= 15 is 0 Å². The van der Waals surface area contributed by atoms with Gasteiger partial charge in [-0.15, -0.1) is 0 Å². The van der Waals surface area contributed by atoms with Crippen LogP contribution in [0.3, 0.4) is 0 Å². The highest BCUT2D eigenvalue weighted by atomic mass is 32.1. The Morgan fingerprint density at radius 3 is 3.00 bits per heavy atom. The molecule has 0 aliphatic rings. The normalized spacial score (nSPS) is 12.5. The van der Waals surface area contributed by atoms with E-state index in [-0.39, 0.29) is 0 Å². The molecular weight excluding hydrogens is 254 g/mol. The highest BCUT2D eigenvalue weighted by Crippen LogP contribution is 2.21. The highest BCUT2D eigenvalue weighted by molar-refractivity contribution is 7.07. The van der Waals surface area contributed by atoms with Crippen molar-refractivity contribution < 1.29 is 0 Å². The lowest BCUT2D eigenvalue weighted by atomic mass is 10.1. The Labute approximate surface area is 116 Å². The van der Waals surface area contributed by atoms with Crippen molar-refractivity contribution in [2.24, 2.45) is 0 Å². The largest absolute Gasteiger partial charge is 0.380 e. The summed E-state index contributed by atoms with van der Waals surface area (Å²) >= 11 is 1.74. The molecule has 2 heterocycles. The summed E-state index contributed by atoms with van der Waals surface area (Å²) in [6.07, 6.45) is 2.81. The molecule has 0 fully saturated rings. The fraction of sp³-hybridized carbons (Fsp3) is 0.200. The van der Waals surface area contributed by atoms with Gasteiger partial charge in [0.05, 0.1) is 17.4 Å². The molecule has 2 aromatic heterocycles. The predicted octanol–water partition coefficient (Wildman–Crippen LogP) is 3.73. The van der Waals surface area contributed by atoms with Gasteiger partial charge in [-0.05, 0) is 41.8 Å². The second kappa shape index (κ2) is 5.36. The number of anilines is 1. The maximum absolute atomic E-state index is 4.14. The van der Waals surface area contributed by atoms with Gasteiger partial charge in [0.2, 0.25) is 0 Å². The van der Waals surface area contributed by atoms with Crippen LogP contribution in [-0.4, -0.2) is 16.2 Å². The maximum Gasteiger partial charge on any atom is 0.0950 e. The van der Waals surface area contributed by atoms with Crippen LogP contribution in [-0.2, 0) is 6.42 Å². The number of nitrogens with zero attached hydrogens (tertiary/aromatic N) is 2. The maximum atomic E-state index is 4.14. The van der Waals surface area contributed by atoms with Gasteiger partial charge in [-0.2, -0.15) is 21.5 Å². The molecule has 0 aliphatic heterocycles. The Balaban J connectivity index is 1.81. The zero-order chi connectivity index (χ0) is 13.1. The van der Waals surface area contributed by atoms with Crippen LogP contribution in [0.1, 0.15) is 12.5 Å². The third-order valence-corrected chi connectivity index (χ3v) is 3.80. The number of benzene rings is 1.